The summed E-state index contributed by atoms with van der Waals surface area (Å²) in [6.07, 6.45) is 3.64. The molecule has 5 nitrogen and oxygen atoms in total. The van der Waals surface area contributed by atoms with Gasteiger partial charge < -0.3 is 16.4 Å². The number of anilines is 2. The summed E-state index contributed by atoms with van der Waals surface area (Å²) in [6, 6.07) is 7.36. The molecule has 1 aromatic rings. The van der Waals surface area contributed by atoms with Crippen molar-refractivity contribution in [1.29, 1.82) is 0 Å². The van der Waals surface area contributed by atoms with Gasteiger partial charge in [-0.2, -0.15) is 0 Å². The van der Waals surface area contributed by atoms with Crippen LogP contribution in [0.25, 0.3) is 0 Å². The van der Waals surface area contributed by atoms with E-state index in [0.29, 0.717) is 11.4 Å². The number of hydrogen-bond acceptors (Lipinski definition) is 3. The summed E-state index contributed by atoms with van der Waals surface area (Å²) in [5.41, 5.74) is 7.33. The number of rotatable bonds is 4. The fourth-order valence-corrected chi connectivity index (χ4v) is 2.67. The van der Waals surface area contributed by atoms with E-state index in [-0.39, 0.29) is 42.1 Å². The molecule has 0 aliphatic heterocycles. The molecule has 128 valence electrons. The van der Waals surface area contributed by atoms with Crippen molar-refractivity contribution in [2.24, 2.45) is 17.6 Å². The van der Waals surface area contributed by atoms with Gasteiger partial charge in [0.2, 0.25) is 11.8 Å². The average Bonchev–Trinajstić information content (AvgIpc) is 2.47. The Kier molecular flexibility index (Phi) is 7.52. The van der Waals surface area contributed by atoms with Crippen molar-refractivity contribution in [2.45, 2.75) is 45.6 Å². The van der Waals surface area contributed by atoms with E-state index < -0.39 is 0 Å². The van der Waals surface area contributed by atoms with Crippen LogP contribution in [0.5, 0.6) is 0 Å². The van der Waals surface area contributed by atoms with Crippen LogP contribution in [0.3, 0.4) is 0 Å². The van der Waals surface area contributed by atoms with Gasteiger partial charge in [-0.05, 0) is 37.5 Å². The molecule has 2 rings (SSSR count). The van der Waals surface area contributed by atoms with Crippen LogP contribution in [0.4, 0.5) is 11.4 Å². The molecule has 1 aromatic carbocycles. The third-order valence-corrected chi connectivity index (χ3v) is 4.01. The lowest BCUT2D eigenvalue weighted by molar-refractivity contribution is -0.121. The zero-order valence-corrected chi connectivity index (χ0v) is 14.5. The molecule has 0 saturated heterocycles. The molecular formula is C17H26ClN3O2. The van der Waals surface area contributed by atoms with E-state index in [9.17, 15) is 9.59 Å². The Bertz CT molecular complexity index is 548. The number of benzene rings is 1. The van der Waals surface area contributed by atoms with E-state index in [1.54, 1.807) is 6.07 Å². The van der Waals surface area contributed by atoms with Gasteiger partial charge in [-0.1, -0.05) is 26.3 Å². The first kappa shape index (κ1) is 19.5. The summed E-state index contributed by atoms with van der Waals surface area (Å²) in [5.74, 6) is -0.121. The Balaban J connectivity index is 0.00000264. The van der Waals surface area contributed by atoms with Gasteiger partial charge in [0.05, 0.1) is 0 Å². The second-order valence-corrected chi connectivity index (χ2v) is 6.34. The van der Waals surface area contributed by atoms with Crippen LogP contribution in [0.15, 0.2) is 24.3 Å². The predicted octanol–water partition coefficient (Wildman–Crippen LogP) is 3.16. The lowest BCUT2D eigenvalue weighted by atomic mass is 9.85. The summed E-state index contributed by atoms with van der Waals surface area (Å²) in [5, 5.41) is 5.76. The highest BCUT2D eigenvalue weighted by molar-refractivity contribution is 5.95. The lowest BCUT2D eigenvalue weighted by Gasteiger charge is -2.25. The Morgan fingerprint density at radius 3 is 2.43 bits per heavy atom. The Labute approximate surface area is 143 Å². The molecule has 2 atom stereocenters. The first-order valence-electron chi connectivity index (χ1n) is 7.93. The monoisotopic (exact) mass is 339 g/mol. The standard InChI is InChI=1S/C17H25N3O2.ClH/c1-11(2)16(21)19-14-7-4-8-15(10-14)20-17(22)12-5-3-6-13(18)9-12;/h4,7-8,10-13H,3,5-6,9,18H2,1-2H3,(H,19,21)(H,20,22);1H. The number of amides is 2. The Morgan fingerprint density at radius 2 is 1.83 bits per heavy atom. The Hall–Kier alpha value is -1.59. The van der Waals surface area contributed by atoms with Crippen molar-refractivity contribution in [2.75, 3.05) is 10.6 Å². The molecule has 23 heavy (non-hydrogen) atoms. The van der Waals surface area contributed by atoms with Gasteiger partial charge in [-0.3, -0.25) is 9.59 Å². The minimum atomic E-state index is -0.0815. The summed E-state index contributed by atoms with van der Waals surface area (Å²) in [6.45, 7) is 3.68. The van der Waals surface area contributed by atoms with Crippen molar-refractivity contribution in [1.82, 2.24) is 0 Å². The Morgan fingerprint density at radius 1 is 1.17 bits per heavy atom. The highest BCUT2D eigenvalue weighted by Crippen LogP contribution is 2.25. The minimum absolute atomic E-state index is 0. The summed E-state index contributed by atoms with van der Waals surface area (Å²) in [7, 11) is 0. The van der Waals surface area contributed by atoms with Crippen LogP contribution in [0.1, 0.15) is 39.5 Å². The molecule has 0 spiro atoms. The van der Waals surface area contributed by atoms with Gasteiger partial charge in [-0.25, -0.2) is 0 Å². The molecule has 1 aliphatic carbocycles. The van der Waals surface area contributed by atoms with Gasteiger partial charge in [0.1, 0.15) is 0 Å². The SMILES string of the molecule is CC(C)C(=O)Nc1cccc(NC(=O)C2CCCC(N)C2)c1.Cl. The summed E-state index contributed by atoms with van der Waals surface area (Å²) in [4.78, 5) is 24.0. The average molecular weight is 340 g/mol. The summed E-state index contributed by atoms with van der Waals surface area (Å²) >= 11 is 0. The molecule has 1 saturated carbocycles. The maximum atomic E-state index is 12.3. The number of carbonyl (C=O) groups is 2. The van der Waals surface area contributed by atoms with E-state index in [0.717, 1.165) is 25.7 Å². The quantitative estimate of drug-likeness (QED) is 0.787. The second kappa shape index (κ2) is 8.89. The molecule has 0 bridgehead atoms. The molecular weight excluding hydrogens is 314 g/mol. The maximum absolute atomic E-state index is 12.3. The van der Waals surface area contributed by atoms with Crippen molar-refractivity contribution < 1.29 is 9.59 Å². The molecule has 0 aromatic heterocycles. The molecule has 1 aliphatic rings. The van der Waals surface area contributed by atoms with Crippen molar-refractivity contribution in [3.63, 3.8) is 0 Å². The van der Waals surface area contributed by atoms with Crippen molar-refractivity contribution in [3.05, 3.63) is 24.3 Å². The first-order chi connectivity index (χ1) is 10.5. The molecule has 0 radical (unpaired) electrons. The van der Waals surface area contributed by atoms with Crippen LogP contribution < -0.4 is 16.4 Å². The van der Waals surface area contributed by atoms with Crippen LogP contribution >= 0.6 is 12.4 Å². The van der Waals surface area contributed by atoms with E-state index in [2.05, 4.69) is 10.6 Å². The summed E-state index contributed by atoms with van der Waals surface area (Å²) < 4.78 is 0. The number of carbonyl (C=O) groups excluding carboxylic acids is 2. The van der Waals surface area contributed by atoms with Gasteiger partial charge in [-0.15, -0.1) is 12.4 Å². The highest BCUT2D eigenvalue weighted by Gasteiger charge is 2.25. The third kappa shape index (κ3) is 5.84. The van der Waals surface area contributed by atoms with Crippen LogP contribution in [0.2, 0.25) is 0 Å². The zero-order chi connectivity index (χ0) is 16.1. The van der Waals surface area contributed by atoms with E-state index >= 15 is 0 Å². The van der Waals surface area contributed by atoms with E-state index in [1.807, 2.05) is 32.0 Å². The van der Waals surface area contributed by atoms with Gasteiger partial charge in [0, 0.05) is 29.3 Å². The number of nitrogens with two attached hydrogens (primary N) is 1. The lowest BCUT2D eigenvalue weighted by Crippen LogP contribution is -2.34. The molecule has 1 fully saturated rings. The van der Waals surface area contributed by atoms with E-state index in [4.69, 9.17) is 5.73 Å². The first-order valence-corrected chi connectivity index (χ1v) is 7.93. The topological polar surface area (TPSA) is 84.2 Å². The van der Waals surface area contributed by atoms with Gasteiger partial charge in [0.25, 0.3) is 0 Å². The van der Waals surface area contributed by atoms with Crippen LogP contribution in [0, 0.1) is 11.8 Å². The fourth-order valence-electron chi connectivity index (χ4n) is 2.67. The molecule has 0 heterocycles. The second-order valence-electron chi connectivity index (χ2n) is 6.34. The maximum Gasteiger partial charge on any atom is 0.227 e. The smallest absolute Gasteiger partial charge is 0.227 e. The van der Waals surface area contributed by atoms with E-state index in [1.165, 1.54) is 0 Å². The third-order valence-electron chi connectivity index (χ3n) is 4.01. The fraction of sp³-hybridized carbons (Fsp3) is 0.529. The predicted molar refractivity (Wildman–Crippen MR) is 95.7 cm³/mol. The molecule has 2 unspecified atom stereocenters. The molecule has 6 heteroatoms. The minimum Gasteiger partial charge on any atom is -0.328 e. The largest absolute Gasteiger partial charge is 0.328 e. The molecule has 4 N–H and O–H groups in total. The molecule has 2 amide bonds. The van der Waals surface area contributed by atoms with Crippen molar-refractivity contribution in [3.8, 4) is 0 Å². The zero-order valence-electron chi connectivity index (χ0n) is 13.7. The normalized spacial score (nSPS) is 20.5. The highest BCUT2D eigenvalue weighted by atomic mass is 35.5. The van der Waals surface area contributed by atoms with Crippen molar-refractivity contribution >= 4 is 35.6 Å². The number of hydrogen-bond donors (Lipinski definition) is 3. The van der Waals surface area contributed by atoms with Crippen LogP contribution in [-0.4, -0.2) is 17.9 Å². The number of halogens is 1. The number of nitrogens with one attached hydrogen (secondary N) is 2. The van der Waals surface area contributed by atoms with Crippen LogP contribution in [-0.2, 0) is 9.59 Å². The van der Waals surface area contributed by atoms with Gasteiger partial charge >= 0.3 is 0 Å². The van der Waals surface area contributed by atoms with Gasteiger partial charge in [0.15, 0.2) is 0 Å².